The summed E-state index contributed by atoms with van der Waals surface area (Å²) in [6.45, 7) is 5.35. The van der Waals surface area contributed by atoms with Crippen LogP contribution in [-0.2, 0) is 9.59 Å². The number of ether oxygens (including phenoxy) is 2. The average molecular weight is 509 g/mol. The van der Waals surface area contributed by atoms with Crippen molar-refractivity contribution >= 4 is 33.5 Å². The first kappa shape index (κ1) is 28.8. The third-order valence-electron chi connectivity index (χ3n) is 5.04. The lowest BCUT2D eigenvalue weighted by Crippen LogP contribution is -2.00. The van der Waals surface area contributed by atoms with Crippen LogP contribution >= 0.6 is 0 Å². The zero-order valence-corrected chi connectivity index (χ0v) is 20.9. The highest BCUT2D eigenvalue weighted by Crippen LogP contribution is 2.33. The maximum atomic E-state index is 9.67. The number of aromatic hydroxyl groups is 2. The molecule has 0 saturated heterocycles. The summed E-state index contributed by atoms with van der Waals surface area (Å²) in [5.74, 6) is 0.101. The molecule has 0 aliphatic rings. The molecule has 0 spiro atoms. The van der Waals surface area contributed by atoms with E-state index < -0.39 is 11.9 Å². The largest absolute Gasteiger partial charge is 0.507 e. The van der Waals surface area contributed by atoms with Gasteiger partial charge in [-0.1, -0.05) is 55.5 Å². The van der Waals surface area contributed by atoms with E-state index >= 15 is 0 Å². The van der Waals surface area contributed by atoms with Gasteiger partial charge in [0.15, 0.2) is 0 Å². The van der Waals surface area contributed by atoms with Crippen LogP contribution in [0.4, 0.5) is 0 Å². The van der Waals surface area contributed by atoms with Gasteiger partial charge < -0.3 is 29.9 Å². The van der Waals surface area contributed by atoms with Crippen molar-refractivity contribution in [1.29, 1.82) is 0 Å². The van der Waals surface area contributed by atoms with Crippen LogP contribution in [0.5, 0.6) is 23.0 Å². The SMILES string of the molecule is CCCOc1ccc(O)c2ccccc12.CCOc1ccc(O)c2ccccc12.O=C(O)CCC(=O)O. The molecule has 0 aromatic heterocycles. The second kappa shape index (κ2) is 14.8. The van der Waals surface area contributed by atoms with Crippen molar-refractivity contribution in [1.82, 2.24) is 0 Å². The number of fused-ring (bicyclic) bond motifs is 2. The standard InChI is InChI=1S/C13H14O2.C12H12O2.C4H6O4/c1-2-9-15-13-8-7-12(14)10-5-3-4-6-11(10)13;1-2-14-12-8-7-11(13)9-5-3-4-6-10(9)12;5-3(6)1-2-4(7)8/h3-8,14H,2,9H2,1H3;3-8,13H,2H2,1H3;1-2H2,(H,5,6)(H,7,8). The molecule has 8 heteroatoms. The molecule has 4 N–H and O–H groups in total. The van der Waals surface area contributed by atoms with Crippen molar-refractivity contribution < 1.29 is 39.5 Å². The molecule has 4 aromatic rings. The lowest BCUT2D eigenvalue weighted by atomic mass is 10.1. The zero-order valence-electron chi connectivity index (χ0n) is 20.9. The van der Waals surface area contributed by atoms with Crippen LogP contribution < -0.4 is 9.47 Å². The van der Waals surface area contributed by atoms with E-state index in [0.717, 1.165) is 39.5 Å². The number of hydrogen-bond acceptors (Lipinski definition) is 6. The van der Waals surface area contributed by atoms with Gasteiger partial charge in [-0.05, 0) is 37.6 Å². The summed E-state index contributed by atoms with van der Waals surface area (Å²) in [6.07, 6.45) is 0.389. The first-order valence-electron chi connectivity index (χ1n) is 11.9. The van der Waals surface area contributed by atoms with E-state index in [9.17, 15) is 19.8 Å². The Kier molecular flexibility index (Phi) is 11.5. The summed E-state index contributed by atoms with van der Waals surface area (Å²) in [5.41, 5.74) is 0. The molecule has 37 heavy (non-hydrogen) atoms. The van der Waals surface area contributed by atoms with Crippen LogP contribution in [0, 0.1) is 0 Å². The van der Waals surface area contributed by atoms with Crippen LogP contribution in [0.2, 0.25) is 0 Å². The highest BCUT2D eigenvalue weighted by atomic mass is 16.5. The Morgan fingerprint density at radius 1 is 0.622 bits per heavy atom. The number of aliphatic carboxylic acids is 2. The molecular weight excluding hydrogens is 476 g/mol. The molecule has 0 unspecified atom stereocenters. The van der Waals surface area contributed by atoms with Gasteiger partial charge in [0.05, 0.1) is 26.1 Å². The fourth-order valence-corrected chi connectivity index (χ4v) is 3.34. The van der Waals surface area contributed by atoms with Crippen molar-refractivity contribution in [3.05, 3.63) is 72.8 Å². The van der Waals surface area contributed by atoms with Crippen LogP contribution in [-0.4, -0.2) is 45.6 Å². The van der Waals surface area contributed by atoms with Crippen molar-refractivity contribution in [2.75, 3.05) is 13.2 Å². The fraction of sp³-hybridized carbons (Fsp3) is 0.241. The predicted octanol–water partition coefficient (Wildman–Crippen LogP) is 6.21. The molecular formula is C29H32O8. The summed E-state index contributed by atoms with van der Waals surface area (Å²) in [4.78, 5) is 19.3. The third kappa shape index (κ3) is 8.92. The molecule has 0 aliphatic heterocycles. The Labute approximate surface area is 215 Å². The molecule has 0 atom stereocenters. The van der Waals surface area contributed by atoms with Crippen molar-refractivity contribution in [2.45, 2.75) is 33.1 Å². The van der Waals surface area contributed by atoms with Gasteiger partial charge in [-0.25, -0.2) is 0 Å². The van der Waals surface area contributed by atoms with Crippen LogP contribution in [0.25, 0.3) is 21.5 Å². The molecule has 0 amide bonds. The monoisotopic (exact) mass is 508 g/mol. The summed E-state index contributed by atoms with van der Waals surface area (Å²) >= 11 is 0. The molecule has 8 nitrogen and oxygen atoms in total. The maximum absolute atomic E-state index is 9.67. The fourth-order valence-electron chi connectivity index (χ4n) is 3.34. The third-order valence-corrected chi connectivity index (χ3v) is 5.04. The van der Waals surface area contributed by atoms with Crippen LogP contribution in [0.15, 0.2) is 72.8 Å². The quantitative estimate of drug-likeness (QED) is 0.221. The number of benzene rings is 4. The minimum absolute atomic E-state index is 0.295. The van der Waals surface area contributed by atoms with Crippen molar-refractivity contribution in [2.24, 2.45) is 0 Å². The molecule has 0 radical (unpaired) electrons. The normalized spacial score (nSPS) is 10.0. The van der Waals surface area contributed by atoms with E-state index in [4.69, 9.17) is 19.7 Å². The van der Waals surface area contributed by atoms with Gasteiger partial charge >= 0.3 is 11.9 Å². The van der Waals surface area contributed by atoms with Gasteiger partial charge in [-0.3, -0.25) is 9.59 Å². The lowest BCUT2D eigenvalue weighted by Gasteiger charge is -2.09. The van der Waals surface area contributed by atoms with Gasteiger partial charge in [0.2, 0.25) is 0 Å². The molecule has 196 valence electrons. The second-order valence-corrected chi connectivity index (χ2v) is 7.83. The van der Waals surface area contributed by atoms with E-state index in [1.54, 1.807) is 18.2 Å². The molecule has 0 bridgehead atoms. The minimum atomic E-state index is -1.08. The zero-order chi connectivity index (χ0) is 27.2. The highest BCUT2D eigenvalue weighted by Gasteiger charge is 2.05. The number of phenols is 2. The Morgan fingerprint density at radius 3 is 1.41 bits per heavy atom. The number of carboxylic acid groups (broad SMARTS) is 2. The van der Waals surface area contributed by atoms with Gasteiger partial charge in [0.1, 0.15) is 23.0 Å². The second-order valence-electron chi connectivity index (χ2n) is 7.83. The average Bonchev–Trinajstić information content (AvgIpc) is 2.90. The maximum Gasteiger partial charge on any atom is 0.303 e. The predicted molar refractivity (Wildman–Crippen MR) is 143 cm³/mol. The van der Waals surface area contributed by atoms with E-state index in [-0.39, 0.29) is 12.8 Å². The van der Waals surface area contributed by atoms with E-state index in [1.807, 2.05) is 61.5 Å². The van der Waals surface area contributed by atoms with Crippen molar-refractivity contribution in [3.63, 3.8) is 0 Å². The molecule has 4 aromatic carbocycles. The minimum Gasteiger partial charge on any atom is -0.507 e. The van der Waals surface area contributed by atoms with E-state index in [0.29, 0.717) is 24.7 Å². The number of rotatable bonds is 8. The summed E-state index contributed by atoms with van der Waals surface area (Å²) < 4.78 is 11.1. The molecule has 0 fully saturated rings. The smallest absolute Gasteiger partial charge is 0.303 e. The number of hydrogen-bond donors (Lipinski definition) is 4. The van der Waals surface area contributed by atoms with Gasteiger partial charge in [-0.2, -0.15) is 0 Å². The van der Waals surface area contributed by atoms with Gasteiger partial charge in [0, 0.05) is 21.5 Å². The Morgan fingerprint density at radius 2 is 1.03 bits per heavy atom. The van der Waals surface area contributed by atoms with E-state index in [2.05, 4.69) is 6.92 Å². The van der Waals surface area contributed by atoms with Gasteiger partial charge in [-0.15, -0.1) is 0 Å². The summed E-state index contributed by atoms with van der Waals surface area (Å²) in [7, 11) is 0. The summed E-state index contributed by atoms with van der Waals surface area (Å²) in [6, 6.07) is 22.3. The Balaban J connectivity index is 0.000000205. The Hall–Kier alpha value is -4.46. The number of carboxylic acids is 2. The molecule has 0 saturated carbocycles. The molecule has 0 aliphatic carbocycles. The Bertz CT molecular complexity index is 1300. The molecule has 0 heterocycles. The lowest BCUT2D eigenvalue weighted by molar-refractivity contribution is -0.143. The summed E-state index contributed by atoms with van der Waals surface area (Å²) in [5, 5.41) is 38.7. The van der Waals surface area contributed by atoms with Gasteiger partial charge in [0.25, 0.3) is 0 Å². The first-order chi connectivity index (χ1) is 17.8. The van der Waals surface area contributed by atoms with Crippen molar-refractivity contribution in [3.8, 4) is 23.0 Å². The van der Waals surface area contributed by atoms with E-state index in [1.165, 1.54) is 0 Å². The molecule has 4 rings (SSSR count). The first-order valence-corrected chi connectivity index (χ1v) is 11.9. The number of phenolic OH excluding ortho intramolecular Hbond substituents is 2. The topological polar surface area (TPSA) is 134 Å². The highest BCUT2D eigenvalue weighted by molar-refractivity contribution is 5.93. The number of carbonyl (C=O) groups is 2. The van der Waals surface area contributed by atoms with Crippen LogP contribution in [0.1, 0.15) is 33.1 Å². The van der Waals surface area contributed by atoms with Crippen LogP contribution in [0.3, 0.4) is 0 Å².